The number of aromatic nitrogens is 1. The van der Waals surface area contributed by atoms with Crippen LogP contribution in [0.4, 0.5) is 0 Å². The van der Waals surface area contributed by atoms with Gasteiger partial charge in [-0.2, -0.15) is 0 Å². The number of rotatable bonds is 8. The van der Waals surface area contributed by atoms with Crippen LogP contribution in [-0.4, -0.2) is 37.1 Å². The molecule has 0 bridgehead atoms. The van der Waals surface area contributed by atoms with Gasteiger partial charge >= 0.3 is 5.97 Å². The first-order valence-corrected chi connectivity index (χ1v) is 8.54. The molecule has 1 aromatic carbocycles. The fraction of sp³-hybridized carbons (Fsp3) is 0.333. The Morgan fingerprint density at radius 1 is 1.07 bits per heavy atom. The summed E-state index contributed by atoms with van der Waals surface area (Å²) in [5, 5.41) is 0. The Bertz CT molecular complexity index is 854. The number of aryl methyl sites for hydroxylation is 1. The van der Waals surface area contributed by atoms with Crippen molar-refractivity contribution in [3.8, 4) is 11.5 Å². The molecule has 144 valence electrons. The van der Waals surface area contributed by atoms with Crippen molar-refractivity contribution in [2.24, 2.45) is 0 Å². The van der Waals surface area contributed by atoms with Crippen molar-refractivity contribution in [1.82, 2.24) is 4.57 Å². The Morgan fingerprint density at radius 3 is 2.19 bits per heavy atom. The molecule has 6 nitrogen and oxygen atoms in total. The number of methoxy groups -OCH3 is 2. The number of hydrogen-bond donors (Lipinski definition) is 0. The van der Waals surface area contributed by atoms with E-state index in [2.05, 4.69) is 6.58 Å². The third-order valence-electron chi connectivity index (χ3n) is 4.51. The van der Waals surface area contributed by atoms with Gasteiger partial charge in [-0.05, 0) is 39.0 Å². The molecule has 0 radical (unpaired) electrons. The number of ketones is 1. The lowest BCUT2D eigenvalue weighted by Gasteiger charge is -2.12. The summed E-state index contributed by atoms with van der Waals surface area (Å²) in [5.41, 5.74) is 3.37. The number of benzene rings is 1. The quantitative estimate of drug-likeness (QED) is 0.402. The number of carbonyl (C=O) groups excluding carboxylic acids is 2. The lowest BCUT2D eigenvalue weighted by atomic mass is 10.1. The molecule has 0 unspecified atom stereocenters. The van der Waals surface area contributed by atoms with E-state index in [9.17, 15) is 9.59 Å². The summed E-state index contributed by atoms with van der Waals surface area (Å²) in [6.45, 7) is 9.62. The summed E-state index contributed by atoms with van der Waals surface area (Å²) < 4.78 is 17.7. The number of hydrogen-bond acceptors (Lipinski definition) is 5. The molecular weight excluding hydrogens is 346 g/mol. The predicted molar refractivity (Wildman–Crippen MR) is 103 cm³/mol. The molecule has 2 rings (SSSR count). The molecule has 0 N–H and O–H groups in total. The second kappa shape index (κ2) is 8.58. The molecule has 1 heterocycles. The highest BCUT2D eigenvalue weighted by Gasteiger charge is 2.19. The molecule has 0 atom stereocenters. The zero-order valence-electron chi connectivity index (χ0n) is 16.4. The fourth-order valence-electron chi connectivity index (χ4n) is 2.99. The van der Waals surface area contributed by atoms with Crippen LogP contribution in [0.1, 0.15) is 37.7 Å². The van der Waals surface area contributed by atoms with E-state index in [4.69, 9.17) is 14.2 Å². The Hall–Kier alpha value is -3.02. The monoisotopic (exact) mass is 371 g/mol. The van der Waals surface area contributed by atoms with Crippen molar-refractivity contribution in [2.75, 3.05) is 20.8 Å². The van der Waals surface area contributed by atoms with E-state index in [1.54, 1.807) is 24.3 Å². The van der Waals surface area contributed by atoms with Gasteiger partial charge in [0, 0.05) is 29.1 Å². The Morgan fingerprint density at radius 2 is 1.67 bits per heavy atom. The average molecular weight is 371 g/mol. The smallest absolute Gasteiger partial charge is 0.338 e. The third kappa shape index (κ3) is 4.22. The first-order valence-electron chi connectivity index (χ1n) is 8.54. The number of Topliss-reactive ketones (excluding diaryl/α,β-unsaturated/α-hetero) is 1. The van der Waals surface area contributed by atoms with Crippen molar-refractivity contribution in [3.05, 3.63) is 58.9 Å². The molecule has 0 fully saturated rings. The minimum atomic E-state index is -0.611. The zero-order chi connectivity index (χ0) is 20.1. The maximum absolute atomic E-state index is 12.5. The summed E-state index contributed by atoms with van der Waals surface area (Å²) in [6.07, 6.45) is 1.77. The van der Waals surface area contributed by atoms with E-state index < -0.39 is 5.97 Å². The van der Waals surface area contributed by atoms with Crippen LogP contribution in [0.2, 0.25) is 0 Å². The zero-order valence-corrected chi connectivity index (χ0v) is 16.4. The lowest BCUT2D eigenvalue weighted by Crippen LogP contribution is -2.15. The highest BCUT2D eigenvalue weighted by molar-refractivity contribution is 6.00. The van der Waals surface area contributed by atoms with Crippen LogP contribution < -0.4 is 9.47 Å². The summed E-state index contributed by atoms with van der Waals surface area (Å²) in [6, 6.07) is 4.94. The highest BCUT2D eigenvalue weighted by Crippen LogP contribution is 2.29. The van der Waals surface area contributed by atoms with E-state index in [0.717, 1.165) is 17.0 Å². The van der Waals surface area contributed by atoms with Gasteiger partial charge in [-0.1, -0.05) is 6.08 Å². The second-order valence-electron chi connectivity index (χ2n) is 6.19. The van der Waals surface area contributed by atoms with Gasteiger partial charge in [-0.25, -0.2) is 4.79 Å². The lowest BCUT2D eigenvalue weighted by molar-refractivity contribution is 0.0474. The fourth-order valence-corrected chi connectivity index (χ4v) is 2.99. The Labute approximate surface area is 159 Å². The maximum atomic E-state index is 12.5. The highest BCUT2D eigenvalue weighted by atomic mass is 16.5. The van der Waals surface area contributed by atoms with Gasteiger partial charge in [0.1, 0.15) is 11.5 Å². The van der Waals surface area contributed by atoms with Gasteiger partial charge in [-0.15, -0.1) is 6.58 Å². The van der Waals surface area contributed by atoms with E-state index in [1.165, 1.54) is 14.2 Å². The van der Waals surface area contributed by atoms with Gasteiger partial charge in [0.15, 0.2) is 6.61 Å². The maximum Gasteiger partial charge on any atom is 0.338 e. The van der Waals surface area contributed by atoms with Crippen LogP contribution in [0.3, 0.4) is 0 Å². The van der Waals surface area contributed by atoms with Gasteiger partial charge < -0.3 is 18.8 Å². The SMILES string of the molecule is C=CCn1c(C)cc(C(=O)COC(=O)c2cc(OC)c(C)c(OC)c2)c1C. The first-order chi connectivity index (χ1) is 12.8. The molecule has 0 spiro atoms. The van der Waals surface area contributed by atoms with E-state index in [0.29, 0.717) is 23.6 Å². The topological polar surface area (TPSA) is 66.8 Å². The van der Waals surface area contributed by atoms with Gasteiger partial charge in [-0.3, -0.25) is 4.79 Å². The molecule has 0 aliphatic heterocycles. The predicted octanol–water partition coefficient (Wildman–Crippen LogP) is 3.66. The molecule has 0 aliphatic carbocycles. The molecule has 0 saturated heterocycles. The number of esters is 1. The number of nitrogens with zero attached hydrogens (tertiary/aromatic N) is 1. The molecule has 1 aromatic heterocycles. The van der Waals surface area contributed by atoms with Crippen LogP contribution in [-0.2, 0) is 11.3 Å². The van der Waals surface area contributed by atoms with Crippen molar-refractivity contribution >= 4 is 11.8 Å². The molecule has 27 heavy (non-hydrogen) atoms. The standard InChI is InChI=1S/C21H25NO5/c1-7-8-22-13(2)9-17(15(22)4)18(23)12-27-21(24)16-10-19(25-5)14(3)20(11-16)26-6/h7,9-11H,1,8,12H2,2-6H3. The summed E-state index contributed by atoms with van der Waals surface area (Å²) >= 11 is 0. The molecule has 2 aromatic rings. The number of allylic oxidation sites excluding steroid dienone is 1. The largest absolute Gasteiger partial charge is 0.496 e. The van der Waals surface area contributed by atoms with Crippen LogP contribution in [0.5, 0.6) is 11.5 Å². The average Bonchev–Trinajstić information content (AvgIpc) is 2.94. The van der Waals surface area contributed by atoms with E-state index in [1.807, 2.05) is 25.3 Å². The van der Waals surface area contributed by atoms with E-state index in [-0.39, 0.29) is 18.0 Å². The second-order valence-corrected chi connectivity index (χ2v) is 6.19. The van der Waals surface area contributed by atoms with Crippen molar-refractivity contribution < 1.29 is 23.8 Å². The van der Waals surface area contributed by atoms with Crippen LogP contribution >= 0.6 is 0 Å². The van der Waals surface area contributed by atoms with Crippen LogP contribution in [0, 0.1) is 20.8 Å². The van der Waals surface area contributed by atoms with Crippen molar-refractivity contribution in [1.29, 1.82) is 0 Å². The van der Waals surface area contributed by atoms with Crippen LogP contribution in [0.25, 0.3) is 0 Å². The Kier molecular flexibility index (Phi) is 6.45. The normalized spacial score (nSPS) is 10.4. The minimum absolute atomic E-state index is 0.252. The van der Waals surface area contributed by atoms with Gasteiger partial charge in [0.2, 0.25) is 5.78 Å². The van der Waals surface area contributed by atoms with Crippen LogP contribution in [0.15, 0.2) is 30.9 Å². The Balaban J connectivity index is 2.15. The third-order valence-corrected chi connectivity index (χ3v) is 4.51. The first kappa shape index (κ1) is 20.3. The number of ether oxygens (including phenoxy) is 3. The summed E-state index contributed by atoms with van der Waals surface area (Å²) in [5.74, 6) is 0.166. The van der Waals surface area contributed by atoms with Crippen molar-refractivity contribution in [2.45, 2.75) is 27.3 Å². The van der Waals surface area contributed by atoms with Gasteiger partial charge in [0.25, 0.3) is 0 Å². The van der Waals surface area contributed by atoms with E-state index >= 15 is 0 Å². The summed E-state index contributed by atoms with van der Waals surface area (Å²) in [4.78, 5) is 24.9. The summed E-state index contributed by atoms with van der Waals surface area (Å²) in [7, 11) is 3.03. The van der Waals surface area contributed by atoms with Crippen molar-refractivity contribution in [3.63, 3.8) is 0 Å². The molecule has 6 heteroatoms. The molecule has 0 amide bonds. The molecule has 0 saturated carbocycles. The molecule has 0 aliphatic rings. The number of carbonyl (C=O) groups is 2. The van der Waals surface area contributed by atoms with Gasteiger partial charge in [0.05, 0.1) is 19.8 Å². The molecular formula is C21H25NO5. The minimum Gasteiger partial charge on any atom is -0.496 e.